The van der Waals surface area contributed by atoms with E-state index in [-0.39, 0.29) is 19.1 Å². The van der Waals surface area contributed by atoms with Gasteiger partial charge in [0, 0.05) is 5.56 Å². The van der Waals surface area contributed by atoms with Crippen LogP contribution >= 0.6 is 11.6 Å². The van der Waals surface area contributed by atoms with Gasteiger partial charge in [0.2, 0.25) is 0 Å². The number of rotatable bonds is 4. The molecule has 0 radical (unpaired) electrons. The van der Waals surface area contributed by atoms with Gasteiger partial charge in [-0.05, 0) is 35.0 Å². The van der Waals surface area contributed by atoms with Crippen LogP contribution in [0.25, 0.3) is 10.8 Å². The van der Waals surface area contributed by atoms with Crippen molar-refractivity contribution in [3.63, 3.8) is 0 Å². The first-order chi connectivity index (χ1) is 12.2. The van der Waals surface area contributed by atoms with Crippen LogP contribution < -0.4 is 10.1 Å². The standard InChI is InChI=1S/C21H16ClNO2/c22-20-10-4-3-7-17(20)9-5-13-23-21(24)15-25-19-12-11-16-6-1-2-8-18(16)14-19/h1-4,6-8,10-12,14H,13,15H2,(H,23,24). The van der Waals surface area contributed by atoms with Gasteiger partial charge >= 0.3 is 0 Å². The lowest BCUT2D eigenvalue weighted by atomic mass is 10.1. The molecule has 0 aromatic heterocycles. The third-order valence-corrected chi connectivity index (χ3v) is 3.89. The van der Waals surface area contributed by atoms with E-state index in [2.05, 4.69) is 17.2 Å². The summed E-state index contributed by atoms with van der Waals surface area (Å²) >= 11 is 6.01. The largest absolute Gasteiger partial charge is 0.484 e. The minimum Gasteiger partial charge on any atom is -0.484 e. The average Bonchev–Trinajstić information content (AvgIpc) is 2.64. The predicted molar refractivity (Wildman–Crippen MR) is 101 cm³/mol. The molecule has 1 N–H and O–H groups in total. The molecule has 4 heteroatoms. The molecule has 25 heavy (non-hydrogen) atoms. The van der Waals surface area contributed by atoms with Crippen LogP contribution in [-0.2, 0) is 4.79 Å². The van der Waals surface area contributed by atoms with Gasteiger partial charge in [0.25, 0.3) is 5.91 Å². The van der Waals surface area contributed by atoms with E-state index in [1.807, 2.05) is 60.7 Å². The minimum absolute atomic E-state index is 0.0495. The first-order valence-corrected chi connectivity index (χ1v) is 8.22. The van der Waals surface area contributed by atoms with E-state index in [4.69, 9.17) is 16.3 Å². The Morgan fingerprint density at radius 1 is 1.00 bits per heavy atom. The fourth-order valence-corrected chi connectivity index (χ4v) is 2.48. The third-order valence-electron chi connectivity index (χ3n) is 3.56. The van der Waals surface area contributed by atoms with Crippen LogP contribution in [0.1, 0.15) is 5.56 Å². The first-order valence-electron chi connectivity index (χ1n) is 7.84. The zero-order chi connectivity index (χ0) is 17.5. The topological polar surface area (TPSA) is 38.3 Å². The van der Waals surface area contributed by atoms with Gasteiger partial charge in [-0.2, -0.15) is 0 Å². The fraction of sp³-hybridized carbons (Fsp3) is 0.0952. The lowest BCUT2D eigenvalue weighted by molar-refractivity contribution is -0.122. The molecule has 0 unspecified atom stereocenters. The van der Waals surface area contributed by atoms with Crippen molar-refractivity contribution in [3.05, 3.63) is 77.3 Å². The van der Waals surface area contributed by atoms with Crippen LogP contribution in [0.5, 0.6) is 5.75 Å². The molecular formula is C21H16ClNO2. The van der Waals surface area contributed by atoms with Crippen molar-refractivity contribution in [2.24, 2.45) is 0 Å². The van der Waals surface area contributed by atoms with E-state index in [1.165, 1.54) is 0 Å². The maximum Gasteiger partial charge on any atom is 0.258 e. The Balaban J connectivity index is 1.49. The summed E-state index contributed by atoms with van der Waals surface area (Å²) in [5.41, 5.74) is 0.742. The molecule has 0 aliphatic rings. The second-order valence-corrected chi connectivity index (χ2v) is 5.76. The summed E-state index contributed by atoms with van der Waals surface area (Å²) in [4.78, 5) is 11.8. The highest BCUT2D eigenvalue weighted by Gasteiger charge is 2.02. The van der Waals surface area contributed by atoms with E-state index in [0.717, 1.165) is 16.3 Å². The zero-order valence-electron chi connectivity index (χ0n) is 13.5. The molecule has 3 aromatic carbocycles. The summed E-state index contributed by atoms with van der Waals surface area (Å²) < 4.78 is 5.53. The molecule has 3 rings (SSSR count). The van der Waals surface area contributed by atoms with Crippen LogP contribution in [0.4, 0.5) is 0 Å². The Labute approximate surface area is 151 Å². The first kappa shape index (κ1) is 16.9. The van der Waals surface area contributed by atoms with Gasteiger partial charge in [0.05, 0.1) is 11.6 Å². The van der Waals surface area contributed by atoms with Gasteiger partial charge < -0.3 is 10.1 Å². The molecule has 0 aliphatic carbocycles. The van der Waals surface area contributed by atoms with Crippen molar-refractivity contribution in [2.75, 3.05) is 13.2 Å². The van der Waals surface area contributed by atoms with Gasteiger partial charge in [0.1, 0.15) is 5.75 Å². The van der Waals surface area contributed by atoms with Gasteiger partial charge in [-0.1, -0.05) is 65.9 Å². The number of carbonyl (C=O) groups is 1. The van der Waals surface area contributed by atoms with Crippen molar-refractivity contribution < 1.29 is 9.53 Å². The Hall–Kier alpha value is -2.96. The van der Waals surface area contributed by atoms with E-state index in [1.54, 1.807) is 6.07 Å². The molecular weight excluding hydrogens is 334 g/mol. The Bertz CT molecular complexity index is 957. The Kier molecular flexibility index (Phi) is 5.56. The SMILES string of the molecule is O=C(COc1ccc2ccccc2c1)NCC#Cc1ccccc1Cl. The summed E-state index contributed by atoms with van der Waals surface area (Å²) in [7, 11) is 0. The van der Waals surface area contributed by atoms with Crippen LogP contribution in [0.2, 0.25) is 5.02 Å². The average molecular weight is 350 g/mol. The number of amides is 1. The third kappa shape index (κ3) is 4.76. The summed E-state index contributed by atoms with van der Waals surface area (Å²) in [6.45, 7) is 0.192. The minimum atomic E-state index is -0.221. The summed E-state index contributed by atoms with van der Waals surface area (Å²) in [5.74, 6) is 6.24. The maximum atomic E-state index is 11.8. The van der Waals surface area contributed by atoms with E-state index in [0.29, 0.717) is 10.8 Å². The molecule has 0 fully saturated rings. The summed E-state index contributed by atoms with van der Waals surface area (Å²) in [6.07, 6.45) is 0. The predicted octanol–water partition coefficient (Wildman–Crippen LogP) is 4.04. The number of hydrogen-bond donors (Lipinski definition) is 1. The van der Waals surface area contributed by atoms with Gasteiger partial charge in [-0.3, -0.25) is 4.79 Å². The van der Waals surface area contributed by atoms with Crippen LogP contribution in [0.3, 0.4) is 0 Å². The molecule has 124 valence electrons. The molecule has 0 atom stereocenters. The van der Waals surface area contributed by atoms with E-state index in [9.17, 15) is 4.79 Å². The lowest BCUT2D eigenvalue weighted by Gasteiger charge is -2.07. The highest BCUT2D eigenvalue weighted by molar-refractivity contribution is 6.31. The van der Waals surface area contributed by atoms with Crippen molar-refractivity contribution >= 4 is 28.3 Å². The second-order valence-electron chi connectivity index (χ2n) is 5.36. The number of carbonyl (C=O) groups excluding carboxylic acids is 1. The Morgan fingerprint density at radius 3 is 2.60 bits per heavy atom. The van der Waals surface area contributed by atoms with Gasteiger partial charge in [0.15, 0.2) is 6.61 Å². The van der Waals surface area contributed by atoms with Gasteiger partial charge in [-0.25, -0.2) is 0 Å². The van der Waals surface area contributed by atoms with Crippen molar-refractivity contribution in [1.29, 1.82) is 0 Å². The monoisotopic (exact) mass is 349 g/mol. The van der Waals surface area contributed by atoms with Crippen LogP contribution in [0.15, 0.2) is 66.7 Å². The van der Waals surface area contributed by atoms with Crippen LogP contribution in [-0.4, -0.2) is 19.1 Å². The number of nitrogens with one attached hydrogen (secondary N) is 1. The fourth-order valence-electron chi connectivity index (χ4n) is 2.30. The molecule has 3 nitrogen and oxygen atoms in total. The molecule has 0 aliphatic heterocycles. The normalized spacial score (nSPS) is 9.96. The molecule has 0 spiro atoms. The van der Waals surface area contributed by atoms with Crippen molar-refractivity contribution in [3.8, 4) is 17.6 Å². The summed E-state index contributed by atoms with van der Waals surface area (Å²) in [5, 5.41) is 5.51. The highest BCUT2D eigenvalue weighted by atomic mass is 35.5. The number of ether oxygens (including phenoxy) is 1. The van der Waals surface area contributed by atoms with Crippen molar-refractivity contribution in [1.82, 2.24) is 5.32 Å². The lowest BCUT2D eigenvalue weighted by Crippen LogP contribution is -2.29. The number of benzene rings is 3. The molecule has 0 heterocycles. The zero-order valence-corrected chi connectivity index (χ0v) is 14.2. The van der Waals surface area contributed by atoms with Gasteiger partial charge in [-0.15, -0.1) is 0 Å². The number of hydrogen-bond acceptors (Lipinski definition) is 2. The quantitative estimate of drug-likeness (QED) is 0.722. The molecule has 1 amide bonds. The second kappa shape index (κ2) is 8.23. The van der Waals surface area contributed by atoms with E-state index >= 15 is 0 Å². The van der Waals surface area contributed by atoms with E-state index < -0.39 is 0 Å². The Morgan fingerprint density at radius 2 is 1.76 bits per heavy atom. The van der Waals surface area contributed by atoms with Crippen molar-refractivity contribution in [2.45, 2.75) is 0 Å². The molecule has 3 aromatic rings. The maximum absolute atomic E-state index is 11.8. The smallest absolute Gasteiger partial charge is 0.258 e. The highest BCUT2D eigenvalue weighted by Crippen LogP contribution is 2.20. The summed E-state index contributed by atoms with van der Waals surface area (Å²) in [6, 6.07) is 21.1. The molecule has 0 bridgehead atoms. The molecule has 0 saturated carbocycles. The van der Waals surface area contributed by atoms with Crippen LogP contribution in [0, 0.1) is 11.8 Å². The number of fused-ring (bicyclic) bond motifs is 1. The molecule has 0 saturated heterocycles. The number of halogens is 1.